The van der Waals surface area contributed by atoms with E-state index in [4.69, 9.17) is 11.1 Å². The molecular weight excluding hydrogens is 368 g/mol. The summed E-state index contributed by atoms with van der Waals surface area (Å²) in [4.78, 5) is 4.15. The summed E-state index contributed by atoms with van der Waals surface area (Å²) in [5.41, 5.74) is 9.35. The number of benzene rings is 4. The Morgan fingerprint density at radius 2 is 1.27 bits per heavy atom. The zero-order valence-corrected chi connectivity index (χ0v) is 17.1. The highest BCUT2D eigenvalue weighted by Crippen LogP contribution is 2.39. The van der Waals surface area contributed by atoms with Gasteiger partial charge in [0, 0.05) is 20.1 Å². The molecule has 5 rings (SSSR count). The summed E-state index contributed by atoms with van der Waals surface area (Å²) < 4.78 is 0. The first-order valence-corrected chi connectivity index (χ1v) is 10.4. The van der Waals surface area contributed by atoms with E-state index in [1.165, 1.54) is 27.1 Å². The van der Waals surface area contributed by atoms with Gasteiger partial charge in [-0.1, -0.05) is 84.9 Å². The second-order valence-corrected chi connectivity index (χ2v) is 8.05. The van der Waals surface area contributed by atoms with E-state index in [1.54, 1.807) is 0 Å². The lowest BCUT2D eigenvalue weighted by Crippen LogP contribution is -2.39. The van der Waals surface area contributed by atoms with Gasteiger partial charge in [0.2, 0.25) is 0 Å². The molecule has 30 heavy (non-hydrogen) atoms. The number of nitrogens with one attached hydrogen (secondary N) is 1. The maximum atomic E-state index is 8.71. The molecule has 1 heterocycles. The number of fused-ring (bicyclic) bond motifs is 2. The van der Waals surface area contributed by atoms with Crippen LogP contribution in [0, 0.1) is 5.41 Å². The van der Waals surface area contributed by atoms with Crippen LogP contribution < -0.4 is 5.73 Å². The normalized spacial score (nSPS) is 16.4. The highest BCUT2D eigenvalue weighted by atomic mass is 15.4. The molecule has 2 atom stereocenters. The Balaban J connectivity index is 1.71. The average Bonchev–Trinajstić information content (AvgIpc) is 3.12. The van der Waals surface area contributed by atoms with E-state index < -0.39 is 0 Å². The minimum Gasteiger partial charge on any atom is -0.344 e. The number of nitrogens with two attached hydrogens (primary N) is 1. The molecule has 0 bridgehead atoms. The molecule has 4 aromatic carbocycles. The van der Waals surface area contributed by atoms with Crippen LogP contribution in [0.3, 0.4) is 0 Å². The summed E-state index contributed by atoms with van der Waals surface area (Å²) in [6, 6.07) is 29.2. The molecule has 0 aliphatic carbocycles. The minimum absolute atomic E-state index is 0.126. The molecular formula is C26H26N4. The maximum absolute atomic E-state index is 8.71. The van der Waals surface area contributed by atoms with Crippen molar-refractivity contribution in [2.45, 2.75) is 12.1 Å². The lowest BCUT2D eigenvalue weighted by atomic mass is 9.87. The number of likely N-dealkylation sites (N-methyl/N-ethyl adjacent to an activating group) is 1. The van der Waals surface area contributed by atoms with Crippen LogP contribution in [-0.2, 0) is 0 Å². The van der Waals surface area contributed by atoms with E-state index in [-0.39, 0.29) is 12.1 Å². The van der Waals surface area contributed by atoms with Crippen molar-refractivity contribution in [2.24, 2.45) is 5.73 Å². The van der Waals surface area contributed by atoms with Gasteiger partial charge in [-0.25, -0.2) is 0 Å². The fourth-order valence-corrected chi connectivity index (χ4v) is 4.73. The Morgan fingerprint density at radius 3 is 1.87 bits per heavy atom. The Kier molecular flexibility index (Phi) is 4.64. The highest BCUT2D eigenvalue weighted by Gasteiger charge is 2.35. The van der Waals surface area contributed by atoms with E-state index in [0.29, 0.717) is 5.96 Å². The van der Waals surface area contributed by atoms with Crippen LogP contribution >= 0.6 is 0 Å². The molecule has 150 valence electrons. The van der Waals surface area contributed by atoms with Crippen LogP contribution in [0.25, 0.3) is 21.5 Å². The van der Waals surface area contributed by atoms with Crippen LogP contribution in [-0.4, -0.2) is 35.9 Å². The van der Waals surface area contributed by atoms with Gasteiger partial charge in [-0.05, 0) is 32.7 Å². The number of guanidine groups is 1. The number of hydrogen-bond acceptors (Lipinski definition) is 2. The molecule has 1 saturated heterocycles. The largest absolute Gasteiger partial charge is 0.344 e. The van der Waals surface area contributed by atoms with E-state index in [0.717, 1.165) is 18.7 Å². The van der Waals surface area contributed by atoms with E-state index in [1.807, 2.05) is 11.9 Å². The van der Waals surface area contributed by atoms with Crippen LogP contribution in [0.1, 0.15) is 23.2 Å². The quantitative estimate of drug-likeness (QED) is 0.517. The molecule has 0 spiro atoms. The molecule has 4 nitrogen and oxygen atoms in total. The predicted molar refractivity (Wildman–Crippen MR) is 125 cm³/mol. The first kappa shape index (κ1) is 18.6. The molecule has 0 unspecified atom stereocenters. The third kappa shape index (κ3) is 3.01. The number of nitrogens with zero attached hydrogens (tertiary/aromatic N) is 2. The second kappa shape index (κ2) is 7.47. The molecule has 1 aliphatic heterocycles. The summed E-state index contributed by atoms with van der Waals surface area (Å²) in [6.07, 6.45) is 0. The SMILES string of the molecule is CN1CCN([C@@H](c2cccc3ccccc23)[C@@H](N)c2cccc3ccccc23)C1=N. The van der Waals surface area contributed by atoms with Crippen molar-refractivity contribution >= 4 is 27.5 Å². The topological polar surface area (TPSA) is 56.4 Å². The molecule has 1 aliphatic rings. The minimum atomic E-state index is -0.270. The third-order valence-corrected chi connectivity index (χ3v) is 6.31. The Morgan fingerprint density at radius 1 is 0.733 bits per heavy atom. The molecule has 1 fully saturated rings. The van der Waals surface area contributed by atoms with Crippen LogP contribution in [0.4, 0.5) is 0 Å². The Hall–Kier alpha value is -3.37. The summed E-state index contributed by atoms with van der Waals surface area (Å²) in [7, 11) is 1.98. The van der Waals surface area contributed by atoms with Crippen molar-refractivity contribution in [1.82, 2.24) is 9.80 Å². The van der Waals surface area contributed by atoms with E-state index in [2.05, 4.69) is 89.8 Å². The van der Waals surface area contributed by atoms with Crippen molar-refractivity contribution in [3.63, 3.8) is 0 Å². The smallest absolute Gasteiger partial charge is 0.194 e. The summed E-state index contributed by atoms with van der Waals surface area (Å²) in [5, 5.41) is 13.5. The van der Waals surface area contributed by atoms with Crippen molar-refractivity contribution in [1.29, 1.82) is 5.41 Å². The van der Waals surface area contributed by atoms with Crippen molar-refractivity contribution in [2.75, 3.05) is 20.1 Å². The Labute approximate surface area is 177 Å². The van der Waals surface area contributed by atoms with Crippen LogP contribution in [0.15, 0.2) is 84.9 Å². The molecule has 3 N–H and O–H groups in total. The molecule has 4 heteroatoms. The lowest BCUT2D eigenvalue weighted by molar-refractivity contribution is 0.300. The summed E-state index contributed by atoms with van der Waals surface area (Å²) >= 11 is 0. The van der Waals surface area contributed by atoms with Crippen molar-refractivity contribution < 1.29 is 0 Å². The predicted octanol–water partition coefficient (Wildman–Crippen LogP) is 4.92. The van der Waals surface area contributed by atoms with Gasteiger partial charge in [-0.3, -0.25) is 5.41 Å². The molecule has 0 amide bonds. The van der Waals surface area contributed by atoms with Crippen LogP contribution in [0.2, 0.25) is 0 Å². The van der Waals surface area contributed by atoms with Crippen LogP contribution in [0.5, 0.6) is 0 Å². The second-order valence-electron chi connectivity index (χ2n) is 8.05. The molecule has 4 aromatic rings. The van der Waals surface area contributed by atoms with Gasteiger partial charge in [0.1, 0.15) is 0 Å². The average molecular weight is 395 g/mol. The van der Waals surface area contributed by atoms with Gasteiger partial charge in [0.05, 0.1) is 12.1 Å². The standard InChI is InChI=1S/C26H26N4/c1-29-16-17-30(26(29)28)25(23-15-7-11-19-9-3-5-13-21(19)23)24(27)22-14-6-10-18-8-2-4-12-20(18)22/h2-15,24-25,28H,16-17,27H2,1H3/t24-,25-/m0/s1. The van der Waals surface area contributed by atoms with Gasteiger partial charge in [0.25, 0.3) is 0 Å². The first-order chi connectivity index (χ1) is 14.6. The maximum Gasteiger partial charge on any atom is 0.194 e. The van der Waals surface area contributed by atoms with Gasteiger partial charge in [0.15, 0.2) is 5.96 Å². The van der Waals surface area contributed by atoms with E-state index in [9.17, 15) is 0 Å². The molecule has 0 aromatic heterocycles. The highest BCUT2D eigenvalue weighted by molar-refractivity contribution is 5.89. The van der Waals surface area contributed by atoms with Gasteiger partial charge >= 0.3 is 0 Å². The van der Waals surface area contributed by atoms with Gasteiger partial charge < -0.3 is 15.5 Å². The van der Waals surface area contributed by atoms with Crippen molar-refractivity contribution in [3.05, 3.63) is 96.1 Å². The van der Waals surface area contributed by atoms with E-state index >= 15 is 0 Å². The molecule has 0 saturated carbocycles. The molecule has 0 radical (unpaired) electrons. The van der Waals surface area contributed by atoms with Gasteiger partial charge in [-0.15, -0.1) is 0 Å². The first-order valence-electron chi connectivity index (χ1n) is 10.4. The third-order valence-electron chi connectivity index (χ3n) is 6.31. The number of rotatable bonds is 4. The Bertz CT molecular complexity index is 1220. The lowest BCUT2D eigenvalue weighted by Gasteiger charge is -2.35. The monoisotopic (exact) mass is 394 g/mol. The summed E-state index contributed by atoms with van der Waals surface area (Å²) in [5.74, 6) is 0.531. The number of hydrogen-bond donors (Lipinski definition) is 2. The zero-order valence-electron chi connectivity index (χ0n) is 17.1. The van der Waals surface area contributed by atoms with Crippen molar-refractivity contribution in [3.8, 4) is 0 Å². The fourth-order valence-electron chi connectivity index (χ4n) is 4.73. The van der Waals surface area contributed by atoms with Gasteiger partial charge in [-0.2, -0.15) is 0 Å². The fraction of sp³-hybridized carbons (Fsp3) is 0.192. The summed E-state index contributed by atoms with van der Waals surface area (Å²) in [6.45, 7) is 1.63. The zero-order chi connectivity index (χ0) is 20.7.